The van der Waals surface area contributed by atoms with E-state index in [4.69, 9.17) is 4.74 Å². The van der Waals surface area contributed by atoms with Gasteiger partial charge in [-0.15, -0.1) is 11.8 Å². The van der Waals surface area contributed by atoms with Gasteiger partial charge in [0.25, 0.3) is 0 Å². The average Bonchev–Trinajstić information content (AvgIpc) is 2.35. The van der Waals surface area contributed by atoms with E-state index in [1.54, 1.807) is 13.2 Å². The third-order valence-electron chi connectivity index (χ3n) is 2.62. The van der Waals surface area contributed by atoms with Crippen LogP contribution in [-0.2, 0) is 4.74 Å². The van der Waals surface area contributed by atoms with Gasteiger partial charge in [-0.05, 0) is 31.7 Å². The Morgan fingerprint density at radius 3 is 2.83 bits per heavy atom. The maximum Gasteiger partial charge on any atom is 0.338 e. The molecule has 4 nitrogen and oxygen atoms in total. The minimum atomic E-state index is -0.901. The molecule has 0 saturated carbocycles. The second-order valence-electron chi connectivity index (χ2n) is 4.01. The second kappa shape index (κ2) is 7.28. The molecule has 5 heteroatoms. The van der Waals surface area contributed by atoms with Crippen molar-refractivity contribution in [2.45, 2.75) is 24.3 Å². The van der Waals surface area contributed by atoms with Crippen LogP contribution in [0.1, 0.15) is 23.7 Å². The molecule has 1 rings (SSSR count). The van der Waals surface area contributed by atoms with Gasteiger partial charge in [-0.1, -0.05) is 6.07 Å². The molecule has 0 aliphatic carbocycles. The Kier molecular flexibility index (Phi) is 6.01. The quantitative estimate of drug-likeness (QED) is 0.745. The number of nitrogens with one attached hydrogen (secondary N) is 1. The summed E-state index contributed by atoms with van der Waals surface area (Å²) in [6, 6.07) is 5.65. The van der Waals surface area contributed by atoms with Gasteiger partial charge in [0.05, 0.1) is 11.3 Å². The Morgan fingerprint density at radius 2 is 2.28 bits per heavy atom. The highest BCUT2D eigenvalue weighted by Gasteiger charge is 2.16. The molecule has 0 heterocycles. The first kappa shape index (κ1) is 14.9. The molecule has 0 bridgehead atoms. The van der Waals surface area contributed by atoms with E-state index in [1.165, 1.54) is 11.8 Å². The van der Waals surface area contributed by atoms with Gasteiger partial charge in [0, 0.05) is 24.7 Å². The SMILES string of the molecule is COCCC(C)Nc1cccc(SC)c1C(=O)O. The lowest BCUT2D eigenvalue weighted by atomic mass is 10.1. The van der Waals surface area contributed by atoms with Crippen molar-refractivity contribution < 1.29 is 14.6 Å². The molecule has 18 heavy (non-hydrogen) atoms. The molecule has 1 unspecified atom stereocenters. The number of carbonyl (C=O) groups is 1. The van der Waals surface area contributed by atoms with Gasteiger partial charge in [0.15, 0.2) is 0 Å². The predicted molar refractivity (Wildman–Crippen MR) is 74.8 cm³/mol. The summed E-state index contributed by atoms with van der Waals surface area (Å²) in [6.45, 7) is 2.66. The first-order valence-corrected chi connectivity index (χ1v) is 6.98. The number of aromatic carboxylic acids is 1. The standard InChI is InChI=1S/C13H19NO3S/c1-9(7-8-17-2)14-10-5-4-6-11(18-3)12(10)13(15)16/h4-6,9,14H,7-8H2,1-3H3,(H,15,16). The van der Waals surface area contributed by atoms with Crippen LogP contribution >= 0.6 is 11.8 Å². The molecule has 1 aromatic rings. The van der Waals surface area contributed by atoms with Crippen molar-refractivity contribution in [2.75, 3.05) is 25.3 Å². The smallest absolute Gasteiger partial charge is 0.338 e. The molecule has 1 aromatic carbocycles. The molecule has 2 N–H and O–H groups in total. The topological polar surface area (TPSA) is 58.6 Å². The number of anilines is 1. The van der Waals surface area contributed by atoms with Gasteiger partial charge >= 0.3 is 5.97 Å². The van der Waals surface area contributed by atoms with Gasteiger partial charge in [-0.2, -0.15) is 0 Å². The summed E-state index contributed by atoms with van der Waals surface area (Å²) in [5.41, 5.74) is 1.01. The zero-order valence-corrected chi connectivity index (χ0v) is 11.7. The van der Waals surface area contributed by atoms with Crippen LogP contribution in [0.25, 0.3) is 0 Å². The number of carboxylic acids is 1. The van der Waals surface area contributed by atoms with Gasteiger partial charge in [0.2, 0.25) is 0 Å². The van der Waals surface area contributed by atoms with Gasteiger partial charge in [-0.25, -0.2) is 4.79 Å². The molecular formula is C13H19NO3S. The third kappa shape index (κ3) is 3.92. The minimum absolute atomic E-state index is 0.167. The van der Waals surface area contributed by atoms with Crippen LogP contribution in [0.5, 0.6) is 0 Å². The van der Waals surface area contributed by atoms with Crippen LogP contribution in [0.3, 0.4) is 0 Å². The first-order valence-electron chi connectivity index (χ1n) is 5.76. The Balaban J connectivity index is 2.90. The van der Waals surface area contributed by atoms with Crippen molar-refractivity contribution >= 4 is 23.4 Å². The van der Waals surface area contributed by atoms with Crippen molar-refractivity contribution in [3.8, 4) is 0 Å². The molecule has 0 aliphatic rings. The fraction of sp³-hybridized carbons (Fsp3) is 0.462. The molecule has 0 aliphatic heterocycles. The van der Waals surface area contributed by atoms with E-state index in [0.29, 0.717) is 17.9 Å². The summed E-state index contributed by atoms with van der Waals surface area (Å²) in [4.78, 5) is 12.1. The van der Waals surface area contributed by atoms with E-state index in [2.05, 4.69) is 5.32 Å². The van der Waals surface area contributed by atoms with Crippen molar-refractivity contribution in [1.29, 1.82) is 0 Å². The average molecular weight is 269 g/mol. The molecule has 0 radical (unpaired) electrons. The second-order valence-corrected chi connectivity index (χ2v) is 4.86. The molecule has 1 atom stereocenters. The maximum atomic E-state index is 11.3. The van der Waals surface area contributed by atoms with Crippen molar-refractivity contribution in [3.63, 3.8) is 0 Å². The zero-order valence-electron chi connectivity index (χ0n) is 10.9. The summed E-state index contributed by atoms with van der Waals surface area (Å²) in [6.07, 6.45) is 2.71. The molecule has 0 spiro atoms. The van der Waals surface area contributed by atoms with Gasteiger partial charge in [0.1, 0.15) is 0 Å². The minimum Gasteiger partial charge on any atom is -0.478 e. The summed E-state index contributed by atoms with van der Waals surface area (Å²) in [5.74, 6) is -0.901. The fourth-order valence-corrected chi connectivity index (χ4v) is 2.29. The molecule has 100 valence electrons. The van der Waals surface area contributed by atoms with Crippen LogP contribution in [0, 0.1) is 0 Å². The normalized spacial score (nSPS) is 12.2. The van der Waals surface area contributed by atoms with Gasteiger partial charge < -0.3 is 15.2 Å². The van der Waals surface area contributed by atoms with E-state index < -0.39 is 5.97 Å². The number of thioether (sulfide) groups is 1. The predicted octanol–water partition coefficient (Wildman–Crippen LogP) is 2.94. The van der Waals surface area contributed by atoms with E-state index in [1.807, 2.05) is 25.3 Å². The number of ether oxygens (including phenoxy) is 1. The lowest BCUT2D eigenvalue weighted by Crippen LogP contribution is -2.19. The highest BCUT2D eigenvalue weighted by Crippen LogP contribution is 2.27. The lowest BCUT2D eigenvalue weighted by molar-refractivity contribution is 0.0694. The molecule has 0 saturated heterocycles. The number of hydrogen-bond acceptors (Lipinski definition) is 4. The number of hydrogen-bond donors (Lipinski definition) is 2. The van der Waals surface area contributed by atoms with E-state index in [9.17, 15) is 9.90 Å². The molecular weight excluding hydrogens is 250 g/mol. The van der Waals surface area contributed by atoms with E-state index in [0.717, 1.165) is 11.3 Å². The molecule has 0 fully saturated rings. The Morgan fingerprint density at radius 1 is 1.56 bits per heavy atom. The Hall–Kier alpha value is -1.20. The highest BCUT2D eigenvalue weighted by molar-refractivity contribution is 7.98. The van der Waals surface area contributed by atoms with Crippen molar-refractivity contribution in [1.82, 2.24) is 0 Å². The van der Waals surface area contributed by atoms with Gasteiger partial charge in [-0.3, -0.25) is 0 Å². The summed E-state index contributed by atoms with van der Waals surface area (Å²) >= 11 is 1.44. The van der Waals surface area contributed by atoms with Crippen LogP contribution in [0.4, 0.5) is 5.69 Å². The third-order valence-corrected chi connectivity index (χ3v) is 3.40. The van der Waals surface area contributed by atoms with E-state index >= 15 is 0 Å². The first-order chi connectivity index (χ1) is 8.60. The van der Waals surface area contributed by atoms with Crippen molar-refractivity contribution in [3.05, 3.63) is 23.8 Å². The van der Waals surface area contributed by atoms with Crippen LogP contribution in [-0.4, -0.2) is 37.1 Å². The monoisotopic (exact) mass is 269 g/mol. The summed E-state index contributed by atoms with van der Waals surface area (Å²) < 4.78 is 5.01. The van der Waals surface area contributed by atoms with Crippen LogP contribution < -0.4 is 5.32 Å². The Labute approximate surface area is 112 Å². The summed E-state index contributed by atoms with van der Waals surface area (Å²) in [5, 5.41) is 12.5. The van der Waals surface area contributed by atoms with Crippen LogP contribution in [0.2, 0.25) is 0 Å². The number of rotatable bonds is 7. The number of methoxy groups -OCH3 is 1. The lowest BCUT2D eigenvalue weighted by Gasteiger charge is -2.17. The van der Waals surface area contributed by atoms with Crippen LogP contribution in [0.15, 0.2) is 23.1 Å². The number of benzene rings is 1. The largest absolute Gasteiger partial charge is 0.478 e. The van der Waals surface area contributed by atoms with Crippen molar-refractivity contribution in [2.24, 2.45) is 0 Å². The highest BCUT2D eigenvalue weighted by atomic mass is 32.2. The van der Waals surface area contributed by atoms with E-state index in [-0.39, 0.29) is 6.04 Å². The molecule has 0 amide bonds. The Bertz CT molecular complexity index is 409. The molecule has 0 aromatic heterocycles. The zero-order chi connectivity index (χ0) is 13.5. The maximum absolute atomic E-state index is 11.3. The fourth-order valence-electron chi connectivity index (χ4n) is 1.67. The summed E-state index contributed by atoms with van der Waals surface area (Å²) in [7, 11) is 1.66. The number of carboxylic acid groups (broad SMARTS) is 1.